The lowest BCUT2D eigenvalue weighted by Gasteiger charge is -2.30. The van der Waals surface area contributed by atoms with Gasteiger partial charge in [0.05, 0.1) is 75.4 Å². The van der Waals surface area contributed by atoms with E-state index in [1.54, 1.807) is 31.6 Å². The highest BCUT2D eigenvalue weighted by Gasteiger charge is 2.19. The SMILES string of the molecule is C1CNC1.CCCCOc1nc(N)c2cnn(Cc3ccc(CN4CCC4)cc3)c2n1.COC(=O)c1ccc(CBr)cc1.COC(=O)c1ccc(CN2CCC2)cc1.COc1ccc(CNc2nc(Cl)nc3[nH]ncc23)cc1.ClCc1ccc(CN2CCC2)cc1.OCc1ccc(CN2CCC2)cc1. The standard InChI is InChI=1S/C20H26N6O.C13H12ClN5O.C12H15NO2.C11H14ClN.C11H15NO.C9H9BrO2.C3H7N/c1-2-3-11-27-20-23-18(21)17-12-22-26(19(17)24-20)14-16-7-5-15(6-8-16)13-25-9-4-10-25;1-20-9-4-2-8(3-5-9)6-15-11-10-7-16-19-12(10)18-13(14)17-11;1-15-12(14)11-5-3-10(4-6-11)9-13-7-2-8-13;12-8-10-2-4-11(5-3-10)9-13-6-1-7-13;13-9-11-4-2-10(3-5-11)8-12-6-1-7-12;1-12-9(11)8-4-2-7(6-10)3-5-8;1-2-4-3-1/h5-8,12H,2-4,9-11,13-14H2,1H3,(H2,21,23,24);2-5,7H,6H2,1H3,(H2,15,16,17,18,19);3-6H,2,7-9H2,1H3;2-5H,1,6-9H2;2-5,13H,1,6-9H2;2-5H,6H2,1H3;4H,1-3H2. The van der Waals surface area contributed by atoms with Crippen molar-refractivity contribution in [1.82, 2.24) is 64.8 Å². The van der Waals surface area contributed by atoms with Crippen molar-refractivity contribution >= 4 is 84.8 Å². The molecule has 22 nitrogen and oxygen atoms in total. The summed E-state index contributed by atoms with van der Waals surface area (Å²) in [6, 6.07) is 48.5. The van der Waals surface area contributed by atoms with Gasteiger partial charge in [-0.3, -0.25) is 24.7 Å². The van der Waals surface area contributed by atoms with Crippen molar-refractivity contribution in [2.45, 2.75) is 109 Å². The van der Waals surface area contributed by atoms with Crippen LogP contribution in [0.4, 0.5) is 11.6 Å². The number of nitrogens with one attached hydrogen (secondary N) is 3. The molecule has 6 N–H and O–H groups in total. The maximum absolute atomic E-state index is 11.2. The number of ether oxygens (including phenoxy) is 4. The Morgan fingerprint density at radius 3 is 1.42 bits per heavy atom. The van der Waals surface area contributed by atoms with E-state index in [0.717, 1.165) is 77.6 Å². The van der Waals surface area contributed by atoms with Crippen LogP contribution in [0.3, 0.4) is 0 Å². The van der Waals surface area contributed by atoms with E-state index in [-0.39, 0.29) is 23.8 Å². The Bertz CT molecular complexity index is 4090. The van der Waals surface area contributed by atoms with E-state index < -0.39 is 0 Å². The van der Waals surface area contributed by atoms with Crippen LogP contribution in [0.2, 0.25) is 5.28 Å². The lowest BCUT2D eigenvalue weighted by Crippen LogP contribution is -2.36. The summed E-state index contributed by atoms with van der Waals surface area (Å²) in [5, 5.41) is 28.9. The highest BCUT2D eigenvalue weighted by molar-refractivity contribution is 9.08. The predicted molar refractivity (Wildman–Crippen MR) is 416 cm³/mol. The highest BCUT2D eigenvalue weighted by atomic mass is 79.9. The molecular weight excluding hydrogens is 1420 g/mol. The minimum absolute atomic E-state index is 0.143. The summed E-state index contributed by atoms with van der Waals surface area (Å²) >= 11 is 14.9. The Hall–Kier alpha value is -8.62. The molecule has 0 atom stereocenters. The third-order valence-corrected chi connectivity index (χ3v) is 19.0. The van der Waals surface area contributed by atoms with Crippen LogP contribution in [0, 0.1) is 0 Å². The summed E-state index contributed by atoms with van der Waals surface area (Å²) in [6.07, 6.45) is 12.1. The molecule has 0 radical (unpaired) electrons. The Balaban J connectivity index is 0.000000147. The molecule has 5 fully saturated rings. The lowest BCUT2D eigenvalue weighted by molar-refractivity contribution is 0.0592. The van der Waals surface area contributed by atoms with Gasteiger partial charge in [0, 0.05) is 43.9 Å². The van der Waals surface area contributed by atoms with E-state index in [1.165, 1.54) is 145 Å². The first-order chi connectivity index (χ1) is 50.8. The van der Waals surface area contributed by atoms with Gasteiger partial charge in [-0.15, -0.1) is 11.6 Å². The van der Waals surface area contributed by atoms with Crippen LogP contribution in [0.15, 0.2) is 158 Å². The van der Waals surface area contributed by atoms with Crippen molar-refractivity contribution in [3.63, 3.8) is 0 Å². The molecule has 552 valence electrons. The monoisotopic (exact) mass is 1520 g/mol. The summed E-state index contributed by atoms with van der Waals surface area (Å²) < 4.78 is 21.8. The Morgan fingerprint density at radius 1 is 0.567 bits per heavy atom. The zero-order valence-corrected chi connectivity index (χ0v) is 63.2. The van der Waals surface area contributed by atoms with Crippen LogP contribution < -0.4 is 25.8 Å². The zero-order valence-electron chi connectivity index (χ0n) is 60.1. The van der Waals surface area contributed by atoms with Crippen LogP contribution in [0.5, 0.6) is 11.8 Å². The van der Waals surface area contributed by atoms with Gasteiger partial charge >= 0.3 is 17.9 Å². The number of unbranched alkanes of at least 4 members (excludes halogenated alkanes) is 1. The number of aromatic amines is 1. The molecule has 0 amide bonds. The number of anilines is 2. The van der Waals surface area contributed by atoms with Crippen molar-refractivity contribution in [2.24, 2.45) is 0 Å². The first kappa shape index (κ1) is 79.5. The number of carbonyl (C=O) groups excluding carboxylic acids is 2. The third kappa shape index (κ3) is 25.6. The molecule has 0 aliphatic carbocycles. The molecule has 4 aromatic heterocycles. The number of nitrogens with two attached hydrogens (primary N) is 1. The third-order valence-electron chi connectivity index (χ3n) is 17.9. The molecule has 15 rings (SSSR count). The van der Waals surface area contributed by atoms with E-state index in [4.69, 9.17) is 43.5 Å². The average Bonchev–Trinajstić information content (AvgIpc) is 1.62. The molecule has 0 bridgehead atoms. The number of likely N-dealkylation sites (tertiary alicyclic amines) is 4. The minimum atomic E-state index is -0.295. The normalized spacial score (nSPS) is 14.3. The maximum Gasteiger partial charge on any atom is 0.337 e. The number of alkyl halides is 2. The number of aliphatic hydroxyl groups excluding tert-OH is 1. The van der Waals surface area contributed by atoms with Gasteiger partial charge in [0.25, 0.3) is 0 Å². The number of nitrogens with zero attached hydrogens (tertiary/aromatic N) is 11. The van der Waals surface area contributed by atoms with Gasteiger partial charge in [-0.05, 0) is 202 Å². The second-order valence-corrected chi connectivity index (χ2v) is 26.8. The second kappa shape index (κ2) is 43.0. The van der Waals surface area contributed by atoms with E-state index in [0.29, 0.717) is 65.6 Å². The fraction of sp³-hybridized carbons (Fsp3) is 0.392. The molecule has 5 saturated heterocycles. The molecule has 0 spiro atoms. The van der Waals surface area contributed by atoms with E-state index >= 15 is 0 Å². The molecule has 6 aromatic carbocycles. The minimum Gasteiger partial charge on any atom is -0.497 e. The number of halogens is 3. The number of aliphatic hydroxyl groups is 1. The molecule has 5 aliphatic heterocycles. The number of fused-ring (bicyclic) bond motifs is 2. The Kier molecular flexibility index (Phi) is 32.9. The number of methoxy groups -OCH3 is 3. The number of H-pyrrole nitrogens is 1. The van der Waals surface area contributed by atoms with Crippen molar-refractivity contribution in [1.29, 1.82) is 0 Å². The van der Waals surface area contributed by atoms with Crippen LogP contribution >= 0.6 is 39.1 Å². The van der Waals surface area contributed by atoms with Crippen LogP contribution in [0.25, 0.3) is 22.1 Å². The quantitative estimate of drug-likeness (QED) is 0.0173. The largest absolute Gasteiger partial charge is 0.497 e. The Morgan fingerprint density at radius 2 is 1.01 bits per heavy atom. The van der Waals surface area contributed by atoms with Crippen molar-refractivity contribution < 1.29 is 33.6 Å². The second-order valence-electron chi connectivity index (χ2n) is 25.7. The van der Waals surface area contributed by atoms with Gasteiger partial charge in [0.2, 0.25) is 5.28 Å². The fourth-order valence-electron chi connectivity index (χ4n) is 10.8. The van der Waals surface area contributed by atoms with E-state index in [1.807, 2.05) is 77.5 Å². The van der Waals surface area contributed by atoms with Crippen LogP contribution in [-0.4, -0.2) is 170 Å². The van der Waals surface area contributed by atoms with Crippen molar-refractivity contribution in [3.05, 3.63) is 224 Å². The van der Waals surface area contributed by atoms with E-state index in [9.17, 15) is 9.59 Å². The van der Waals surface area contributed by atoms with Gasteiger partial charge in [0.15, 0.2) is 11.3 Å². The maximum atomic E-state index is 11.2. The summed E-state index contributed by atoms with van der Waals surface area (Å²) in [5.74, 6) is 1.94. The van der Waals surface area contributed by atoms with Gasteiger partial charge in [-0.25, -0.2) is 14.3 Å². The summed E-state index contributed by atoms with van der Waals surface area (Å²) in [4.78, 5) is 48.9. The van der Waals surface area contributed by atoms with Crippen molar-refractivity contribution in [2.75, 3.05) is 104 Å². The lowest BCUT2D eigenvalue weighted by atomic mass is 10.1. The molecule has 104 heavy (non-hydrogen) atoms. The molecule has 0 saturated carbocycles. The first-order valence-electron chi connectivity index (χ1n) is 35.6. The summed E-state index contributed by atoms with van der Waals surface area (Å²) in [6.45, 7) is 20.6. The Labute approximate surface area is 629 Å². The van der Waals surface area contributed by atoms with Crippen LogP contribution in [0.1, 0.15) is 123 Å². The zero-order chi connectivity index (χ0) is 73.3. The number of benzene rings is 6. The fourth-order valence-corrected chi connectivity index (χ4v) is 11.5. The molecule has 10 aromatic rings. The number of hydrogen-bond acceptors (Lipinski definition) is 20. The predicted octanol–water partition coefficient (Wildman–Crippen LogP) is 13.5. The summed E-state index contributed by atoms with van der Waals surface area (Å²) in [7, 11) is 4.42. The topological polar surface area (TPSA) is 252 Å². The van der Waals surface area contributed by atoms with E-state index in [2.05, 4.69) is 158 Å². The van der Waals surface area contributed by atoms with Crippen molar-refractivity contribution in [3.8, 4) is 11.8 Å². The smallest absolute Gasteiger partial charge is 0.337 e. The number of carbonyl (C=O) groups is 2. The van der Waals surface area contributed by atoms with Gasteiger partial charge in [-0.2, -0.15) is 30.1 Å². The average molecular weight is 1520 g/mol. The number of nitrogen functional groups attached to an aromatic ring is 1. The van der Waals surface area contributed by atoms with Gasteiger partial charge < -0.3 is 40.4 Å². The van der Waals surface area contributed by atoms with Gasteiger partial charge in [-0.1, -0.05) is 138 Å². The number of aromatic nitrogens is 8. The van der Waals surface area contributed by atoms with Gasteiger partial charge in [0.1, 0.15) is 17.4 Å². The number of hydrogen-bond donors (Lipinski definition) is 5. The molecule has 25 heteroatoms. The van der Waals surface area contributed by atoms with Crippen LogP contribution in [-0.2, 0) is 66.6 Å². The molecule has 0 unspecified atom stereocenters. The number of rotatable bonds is 23. The first-order valence-corrected chi connectivity index (χ1v) is 37.6. The molecule has 9 heterocycles. The summed E-state index contributed by atoms with van der Waals surface area (Å²) in [5.41, 5.74) is 19.6. The highest BCUT2D eigenvalue weighted by Crippen LogP contribution is 2.25. The number of esters is 2. The molecule has 5 aliphatic rings. The molecular formula is C79H98BrCl2N15O7.